The Labute approximate surface area is 139 Å². The molecule has 2 rings (SSSR count). The number of amides is 1. The average molecular weight is 329 g/mol. The molecule has 0 spiro atoms. The molecule has 126 valence electrons. The van der Waals surface area contributed by atoms with Crippen LogP contribution in [0.15, 0.2) is 30.5 Å². The molecule has 0 bridgehead atoms. The summed E-state index contributed by atoms with van der Waals surface area (Å²) in [5.74, 6) is -0.863. The van der Waals surface area contributed by atoms with Gasteiger partial charge >= 0.3 is 5.97 Å². The molecule has 0 aliphatic carbocycles. The van der Waals surface area contributed by atoms with Crippen LogP contribution in [0.4, 0.5) is 5.82 Å². The van der Waals surface area contributed by atoms with E-state index < -0.39 is 5.97 Å². The van der Waals surface area contributed by atoms with Gasteiger partial charge in [0.15, 0.2) is 11.5 Å². The minimum Gasteiger partial charge on any atom is -0.464 e. The summed E-state index contributed by atoms with van der Waals surface area (Å²) in [6.45, 7) is 1.20. The molecular formula is C16H19N5O3. The van der Waals surface area contributed by atoms with Crippen molar-refractivity contribution in [1.82, 2.24) is 20.6 Å². The molecule has 4 N–H and O–H groups in total. The fourth-order valence-corrected chi connectivity index (χ4v) is 2.01. The van der Waals surface area contributed by atoms with Gasteiger partial charge in [0.05, 0.1) is 19.0 Å². The summed E-state index contributed by atoms with van der Waals surface area (Å²) in [5.41, 5.74) is 7.15. The fourth-order valence-electron chi connectivity index (χ4n) is 2.01. The van der Waals surface area contributed by atoms with E-state index >= 15 is 0 Å². The number of nitrogens with one attached hydrogen (secondary N) is 2. The number of methoxy groups -OCH3 is 1. The van der Waals surface area contributed by atoms with Crippen LogP contribution in [0.5, 0.6) is 0 Å². The Kier molecular flexibility index (Phi) is 5.80. The van der Waals surface area contributed by atoms with E-state index in [4.69, 9.17) is 5.73 Å². The lowest BCUT2D eigenvalue weighted by Crippen LogP contribution is -2.30. The van der Waals surface area contributed by atoms with Gasteiger partial charge in [-0.3, -0.25) is 4.79 Å². The molecular weight excluding hydrogens is 310 g/mol. The molecule has 0 aliphatic rings. The van der Waals surface area contributed by atoms with Crippen LogP contribution in [-0.2, 0) is 4.74 Å². The third kappa shape index (κ3) is 4.05. The van der Waals surface area contributed by atoms with Crippen molar-refractivity contribution in [3.05, 3.63) is 41.7 Å². The Morgan fingerprint density at radius 1 is 1.29 bits per heavy atom. The number of carbonyl (C=O) groups excluding carboxylic acids is 2. The predicted octanol–water partition coefficient (Wildman–Crippen LogP) is 0.462. The van der Waals surface area contributed by atoms with Gasteiger partial charge in [-0.2, -0.15) is 0 Å². The number of benzene rings is 1. The van der Waals surface area contributed by atoms with E-state index in [-0.39, 0.29) is 17.4 Å². The molecule has 0 fully saturated rings. The van der Waals surface area contributed by atoms with E-state index in [0.717, 1.165) is 0 Å². The fraction of sp³-hybridized carbons (Fsp3) is 0.250. The summed E-state index contributed by atoms with van der Waals surface area (Å²) in [7, 11) is 3.05. The Balaban J connectivity index is 2.28. The normalized spacial score (nSPS) is 10.2. The van der Waals surface area contributed by atoms with Gasteiger partial charge < -0.3 is 21.1 Å². The van der Waals surface area contributed by atoms with E-state index in [1.54, 1.807) is 24.3 Å². The molecule has 8 nitrogen and oxygen atoms in total. The van der Waals surface area contributed by atoms with Gasteiger partial charge in [-0.15, -0.1) is 0 Å². The molecule has 0 saturated heterocycles. The van der Waals surface area contributed by atoms with Crippen molar-refractivity contribution < 1.29 is 14.3 Å². The van der Waals surface area contributed by atoms with E-state index in [1.165, 1.54) is 13.3 Å². The summed E-state index contributed by atoms with van der Waals surface area (Å²) in [5, 5.41) is 5.75. The second-order valence-electron chi connectivity index (χ2n) is 4.92. The third-order valence-electron chi connectivity index (χ3n) is 3.26. The summed E-state index contributed by atoms with van der Waals surface area (Å²) < 4.78 is 4.63. The highest BCUT2D eigenvalue weighted by Gasteiger charge is 2.15. The van der Waals surface area contributed by atoms with Crippen molar-refractivity contribution in [1.29, 1.82) is 0 Å². The van der Waals surface area contributed by atoms with Gasteiger partial charge in [-0.25, -0.2) is 14.8 Å². The van der Waals surface area contributed by atoms with Crippen molar-refractivity contribution >= 4 is 17.7 Å². The monoisotopic (exact) mass is 329 g/mol. The Hall–Kier alpha value is -3.00. The van der Waals surface area contributed by atoms with Gasteiger partial charge in [0.1, 0.15) is 0 Å². The zero-order chi connectivity index (χ0) is 17.5. The number of carbonyl (C=O) groups is 2. The predicted molar refractivity (Wildman–Crippen MR) is 89.5 cm³/mol. The average Bonchev–Trinajstić information content (AvgIpc) is 2.61. The van der Waals surface area contributed by atoms with E-state index in [9.17, 15) is 9.59 Å². The Morgan fingerprint density at radius 2 is 2.08 bits per heavy atom. The number of aromatic nitrogens is 2. The summed E-state index contributed by atoms with van der Waals surface area (Å²) >= 11 is 0. The number of anilines is 1. The van der Waals surface area contributed by atoms with Gasteiger partial charge in [0, 0.05) is 24.2 Å². The number of hydrogen-bond acceptors (Lipinski definition) is 7. The zero-order valence-electron chi connectivity index (χ0n) is 13.5. The number of likely N-dealkylation sites (N-methyl/N-ethyl adjacent to an activating group) is 1. The lowest BCUT2D eigenvalue weighted by Gasteiger charge is -2.08. The van der Waals surface area contributed by atoms with E-state index in [1.807, 2.05) is 7.05 Å². The van der Waals surface area contributed by atoms with Crippen LogP contribution >= 0.6 is 0 Å². The first-order valence-corrected chi connectivity index (χ1v) is 7.31. The quantitative estimate of drug-likeness (QED) is 0.520. The molecule has 0 radical (unpaired) electrons. The van der Waals surface area contributed by atoms with Crippen LogP contribution in [-0.4, -0.2) is 49.1 Å². The first-order valence-electron chi connectivity index (χ1n) is 7.31. The second-order valence-corrected chi connectivity index (χ2v) is 4.92. The molecule has 0 unspecified atom stereocenters. The van der Waals surface area contributed by atoms with Crippen LogP contribution in [0.2, 0.25) is 0 Å². The number of hydrogen-bond donors (Lipinski definition) is 3. The molecule has 0 aliphatic heterocycles. The summed E-state index contributed by atoms with van der Waals surface area (Å²) in [6.07, 6.45) is 1.44. The van der Waals surface area contributed by atoms with Crippen LogP contribution in [0.3, 0.4) is 0 Å². The number of nitrogens with two attached hydrogens (primary N) is 1. The lowest BCUT2D eigenvalue weighted by molar-refractivity contribution is 0.0595. The minimum absolute atomic E-state index is 0.00781. The van der Waals surface area contributed by atoms with Gasteiger partial charge in [-0.1, -0.05) is 12.1 Å². The standard InChI is InChI=1S/C16H19N5O3/c1-18-6-7-19-15(22)11-5-3-4-10(8-11)12-9-20-14(17)13(21-12)16(23)24-2/h3-5,8-9,18H,6-7H2,1-2H3,(H2,17,20)(H,19,22). The highest BCUT2D eigenvalue weighted by molar-refractivity contribution is 5.95. The second kappa shape index (κ2) is 8.02. The number of nitrogen functional groups attached to an aromatic ring is 1. The number of nitrogens with zero attached hydrogens (tertiary/aromatic N) is 2. The highest BCUT2D eigenvalue weighted by atomic mass is 16.5. The maximum absolute atomic E-state index is 12.1. The SMILES string of the molecule is CNCCNC(=O)c1cccc(-c2cnc(N)c(C(=O)OC)n2)c1. The van der Waals surface area contributed by atoms with Crippen molar-refractivity contribution in [3.63, 3.8) is 0 Å². The largest absolute Gasteiger partial charge is 0.464 e. The number of esters is 1. The van der Waals surface area contributed by atoms with Gasteiger partial charge in [0.2, 0.25) is 0 Å². The molecule has 1 aromatic heterocycles. The maximum atomic E-state index is 12.1. The smallest absolute Gasteiger partial charge is 0.360 e. The Bertz CT molecular complexity index is 748. The van der Waals surface area contributed by atoms with Crippen LogP contribution in [0, 0.1) is 0 Å². The van der Waals surface area contributed by atoms with Crippen molar-refractivity contribution in [3.8, 4) is 11.3 Å². The molecule has 8 heteroatoms. The molecule has 2 aromatic rings. The van der Waals surface area contributed by atoms with Crippen molar-refractivity contribution in [2.75, 3.05) is 33.0 Å². The molecule has 24 heavy (non-hydrogen) atoms. The lowest BCUT2D eigenvalue weighted by atomic mass is 10.1. The molecule has 1 heterocycles. The molecule has 1 aromatic carbocycles. The van der Waals surface area contributed by atoms with Gasteiger partial charge in [-0.05, 0) is 19.2 Å². The van der Waals surface area contributed by atoms with Crippen LogP contribution in [0.1, 0.15) is 20.8 Å². The molecule has 1 amide bonds. The van der Waals surface area contributed by atoms with Crippen LogP contribution < -0.4 is 16.4 Å². The molecule has 0 atom stereocenters. The first-order chi connectivity index (χ1) is 11.6. The van der Waals surface area contributed by atoms with Crippen molar-refractivity contribution in [2.45, 2.75) is 0 Å². The van der Waals surface area contributed by atoms with E-state index in [0.29, 0.717) is 29.9 Å². The summed E-state index contributed by atoms with van der Waals surface area (Å²) in [6, 6.07) is 6.88. The topological polar surface area (TPSA) is 119 Å². The minimum atomic E-state index is -0.664. The first kappa shape index (κ1) is 17.4. The third-order valence-corrected chi connectivity index (χ3v) is 3.26. The molecule has 0 saturated carbocycles. The van der Waals surface area contributed by atoms with Crippen molar-refractivity contribution in [2.24, 2.45) is 0 Å². The number of rotatable bonds is 6. The van der Waals surface area contributed by atoms with Gasteiger partial charge in [0.25, 0.3) is 5.91 Å². The van der Waals surface area contributed by atoms with Crippen LogP contribution in [0.25, 0.3) is 11.3 Å². The Morgan fingerprint density at radius 3 is 2.79 bits per heavy atom. The maximum Gasteiger partial charge on any atom is 0.360 e. The zero-order valence-corrected chi connectivity index (χ0v) is 13.5. The highest BCUT2D eigenvalue weighted by Crippen LogP contribution is 2.20. The summed E-state index contributed by atoms with van der Waals surface area (Å²) in [4.78, 5) is 31.9. The van der Waals surface area contributed by atoms with E-state index in [2.05, 4.69) is 25.3 Å². The number of ether oxygens (including phenoxy) is 1.